The van der Waals surface area contributed by atoms with Crippen molar-refractivity contribution in [3.63, 3.8) is 0 Å². The van der Waals surface area contributed by atoms with E-state index < -0.39 is 0 Å². The van der Waals surface area contributed by atoms with Crippen molar-refractivity contribution in [1.82, 2.24) is 19.2 Å². The molecule has 3 fully saturated rings. The number of nitrogens with zero attached hydrogens (tertiary/aromatic N) is 4. The lowest BCUT2D eigenvalue weighted by atomic mass is 9.88. The number of likely N-dealkylation sites (tertiary alicyclic amines) is 1. The molecule has 5 heteroatoms. The van der Waals surface area contributed by atoms with Crippen LogP contribution in [0.2, 0.25) is 0 Å². The zero-order valence-corrected chi connectivity index (χ0v) is 19.7. The predicted molar refractivity (Wildman–Crippen MR) is 129 cm³/mol. The third kappa shape index (κ3) is 3.74. The highest BCUT2D eigenvalue weighted by molar-refractivity contribution is 5.81. The van der Waals surface area contributed by atoms with E-state index in [9.17, 15) is 4.79 Å². The molecule has 2 aromatic heterocycles. The van der Waals surface area contributed by atoms with Gasteiger partial charge < -0.3 is 4.90 Å². The Labute approximate surface area is 192 Å². The summed E-state index contributed by atoms with van der Waals surface area (Å²) in [6, 6.07) is 1.19. The molecular weight excluding hydrogens is 396 g/mol. The fourth-order valence-corrected chi connectivity index (χ4v) is 7.09. The van der Waals surface area contributed by atoms with Gasteiger partial charge >= 0.3 is 0 Å². The van der Waals surface area contributed by atoms with E-state index in [0.29, 0.717) is 17.5 Å². The van der Waals surface area contributed by atoms with Gasteiger partial charge in [0.25, 0.3) is 5.56 Å². The molecule has 2 aromatic rings. The average molecular weight is 437 g/mol. The van der Waals surface area contributed by atoms with Gasteiger partial charge in [0.1, 0.15) is 5.65 Å². The highest BCUT2D eigenvalue weighted by Gasteiger charge is 2.31. The van der Waals surface area contributed by atoms with Crippen molar-refractivity contribution < 1.29 is 0 Å². The van der Waals surface area contributed by atoms with Crippen LogP contribution in [0.15, 0.2) is 11.0 Å². The molecule has 0 radical (unpaired) electrons. The number of rotatable bonds is 4. The summed E-state index contributed by atoms with van der Waals surface area (Å²) in [4.78, 5) is 16.4. The summed E-state index contributed by atoms with van der Waals surface area (Å²) >= 11 is 0. The SMILES string of the molecule is O=c1c2c(c3cnn(CC4CCCN(C5CCCCCC5)C4)c3n1C1CCC1)CCCC2. The Balaban J connectivity index is 1.31. The van der Waals surface area contributed by atoms with E-state index >= 15 is 0 Å². The summed E-state index contributed by atoms with van der Waals surface area (Å²) in [7, 11) is 0. The highest BCUT2D eigenvalue weighted by atomic mass is 16.1. The summed E-state index contributed by atoms with van der Waals surface area (Å²) in [5.74, 6) is 0.649. The van der Waals surface area contributed by atoms with Crippen LogP contribution in [-0.2, 0) is 19.4 Å². The summed E-state index contributed by atoms with van der Waals surface area (Å²) in [5.41, 5.74) is 3.88. The maximum atomic E-state index is 13.6. The lowest BCUT2D eigenvalue weighted by Gasteiger charge is -2.38. The van der Waals surface area contributed by atoms with Gasteiger partial charge in [-0.15, -0.1) is 0 Å². The molecule has 2 saturated carbocycles. The average Bonchev–Trinajstić information content (AvgIpc) is 3.01. The molecule has 0 aromatic carbocycles. The molecule has 1 atom stereocenters. The molecule has 0 N–H and O–H groups in total. The molecule has 5 nitrogen and oxygen atoms in total. The first-order valence-electron chi connectivity index (χ1n) is 13.7. The quantitative estimate of drug-likeness (QED) is 0.616. The van der Waals surface area contributed by atoms with Gasteiger partial charge in [0, 0.05) is 36.1 Å². The van der Waals surface area contributed by atoms with Gasteiger partial charge in [0.2, 0.25) is 0 Å². The van der Waals surface area contributed by atoms with E-state index in [4.69, 9.17) is 5.10 Å². The van der Waals surface area contributed by atoms with E-state index in [1.807, 2.05) is 0 Å². The van der Waals surface area contributed by atoms with E-state index in [0.717, 1.165) is 55.9 Å². The number of pyridine rings is 1. The number of hydrogen-bond donors (Lipinski definition) is 0. The van der Waals surface area contributed by atoms with Crippen LogP contribution >= 0.6 is 0 Å². The van der Waals surface area contributed by atoms with Crippen LogP contribution in [-0.4, -0.2) is 38.4 Å². The highest BCUT2D eigenvalue weighted by Crippen LogP contribution is 2.36. The summed E-state index contributed by atoms with van der Waals surface area (Å²) in [5, 5.41) is 6.21. The monoisotopic (exact) mass is 436 g/mol. The fourth-order valence-electron chi connectivity index (χ4n) is 7.09. The van der Waals surface area contributed by atoms with Crippen molar-refractivity contribution >= 4 is 11.0 Å². The van der Waals surface area contributed by atoms with Gasteiger partial charge in [-0.2, -0.15) is 5.10 Å². The van der Waals surface area contributed by atoms with E-state index in [1.54, 1.807) is 0 Å². The number of aromatic nitrogens is 3. The van der Waals surface area contributed by atoms with Crippen molar-refractivity contribution in [2.24, 2.45) is 5.92 Å². The van der Waals surface area contributed by atoms with Gasteiger partial charge in [0.05, 0.1) is 6.20 Å². The molecular formula is C27H40N4O. The second-order valence-corrected chi connectivity index (χ2v) is 11.1. The van der Waals surface area contributed by atoms with Crippen molar-refractivity contribution in [1.29, 1.82) is 0 Å². The molecule has 1 saturated heterocycles. The van der Waals surface area contributed by atoms with Crippen molar-refractivity contribution in [3.05, 3.63) is 27.7 Å². The van der Waals surface area contributed by atoms with Crippen LogP contribution in [0.5, 0.6) is 0 Å². The maximum absolute atomic E-state index is 13.6. The van der Waals surface area contributed by atoms with E-state index in [1.165, 1.54) is 88.2 Å². The van der Waals surface area contributed by atoms with Crippen LogP contribution in [0.1, 0.15) is 101 Å². The molecule has 0 amide bonds. The van der Waals surface area contributed by atoms with Gasteiger partial charge in [0.15, 0.2) is 0 Å². The third-order valence-electron chi connectivity index (χ3n) is 9.07. The molecule has 4 aliphatic rings. The van der Waals surface area contributed by atoms with Crippen molar-refractivity contribution in [2.45, 2.75) is 115 Å². The van der Waals surface area contributed by atoms with Crippen LogP contribution in [0.3, 0.4) is 0 Å². The first-order chi connectivity index (χ1) is 15.8. The largest absolute Gasteiger partial charge is 0.300 e. The summed E-state index contributed by atoms with van der Waals surface area (Å²) in [6.45, 7) is 3.46. The van der Waals surface area contributed by atoms with Gasteiger partial charge in [-0.05, 0) is 88.7 Å². The Morgan fingerprint density at radius 1 is 0.812 bits per heavy atom. The molecule has 32 heavy (non-hydrogen) atoms. The maximum Gasteiger partial charge on any atom is 0.255 e. The fraction of sp³-hybridized carbons (Fsp3) is 0.778. The lowest BCUT2D eigenvalue weighted by molar-refractivity contribution is 0.104. The number of piperidine rings is 1. The third-order valence-corrected chi connectivity index (χ3v) is 9.07. The minimum Gasteiger partial charge on any atom is -0.300 e. The smallest absolute Gasteiger partial charge is 0.255 e. The molecule has 6 rings (SSSR count). The van der Waals surface area contributed by atoms with Crippen molar-refractivity contribution in [3.8, 4) is 0 Å². The zero-order valence-electron chi connectivity index (χ0n) is 19.7. The number of hydrogen-bond acceptors (Lipinski definition) is 3. The standard InChI is InChI=1S/C27H40N4O/c32-27-24-15-6-5-14-23(24)25-17-28-30(26(25)31(27)22-12-7-13-22)19-20-9-8-16-29(18-20)21-10-3-1-2-4-11-21/h17,20-22H,1-16,18-19H2. The summed E-state index contributed by atoms with van der Waals surface area (Å²) in [6.07, 6.45) is 21.1. The van der Waals surface area contributed by atoms with Crippen molar-refractivity contribution in [2.75, 3.05) is 13.1 Å². The molecule has 1 aliphatic heterocycles. The Morgan fingerprint density at radius 2 is 1.56 bits per heavy atom. The normalized spacial score (nSPS) is 26.1. The predicted octanol–water partition coefficient (Wildman–Crippen LogP) is 5.24. The Bertz CT molecular complexity index is 1010. The molecule has 0 spiro atoms. The number of fused-ring (bicyclic) bond motifs is 3. The Morgan fingerprint density at radius 3 is 2.31 bits per heavy atom. The first kappa shape index (κ1) is 20.9. The van der Waals surface area contributed by atoms with E-state index in [2.05, 4.69) is 20.3 Å². The van der Waals surface area contributed by atoms with Crippen LogP contribution < -0.4 is 5.56 Å². The molecule has 3 heterocycles. The van der Waals surface area contributed by atoms with Gasteiger partial charge in [-0.25, -0.2) is 4.68 Å². The first-order valence-corrected chi connectivity index (χ1v) is 13.7. The Kier molecular flexibility index (Phi) is 5.87. The lowest BCUT2D eigenvalue weighted by Crippen LogP contribution is -2.43. The zero-order chi connectivity index (χ0) is 21.5. The Hall–Kier alpha value is -1.62. The van der Waals surface area contributed by atoms with Gasteiger partial charge in [-0.3, -0.25) is 9.36 Å². The van der Waals surface area contributed by atoms with Gasteiger partial charge in [-0.1, -0.05) is 25.7 Å². The number of aryl methyl sites for hydroxylation is 1. The topological polar surface area (TPSA) is 43.1 Å². The van der Waals surface area contributed by atoms with E-state index in [-0.39, 0.29) is 0 Å². The summed E-state index contributed by atoms with van der Waals surface area (Å²) < 4.78 is 4.42. The minimum absolute atomic E-state index is 0.308. The molecule has 0 bridgehead atoms. The molecule has 174 valence electrons. The minimum atomic E-state index is 0.308. The van der Waals surface area contributed by atoms with Crippen LogP contribution in [0.25, 0.3) is 11.0 Å². The second-order valence-electron chi connectivity index (χ2n) is 11.1. The van der Waals surface area contributed by atoms with Crippen LogP contribution in [0.4, 0.5) is 0 Å². The van der Waals surface area contributed by atoms with Crippen LogP contribution in [0, 0.1) is 5.92 Å². The second kappa shape index (κ2) is 8.96. The molecule has 3 aliphatic carbocycles. The molecule has 1 unspecified atom stereocenters.